The molecule has 1 saturated carbocycles. The van der Waals surface area contributed by atoms with Gasteiger partial charge in [-0.1, -0.05) is 44.2 Å². The number of pyridine rings is 1. The van der Waals surface area contributed by atoms with E-state index >= 15 is 0 Å². The van der Waals surface area contributed by atoms with Gasteiger partial charge in [-0.15, -0.1) is 0 Å². The summed E-state index contributed by atoms with van der Waals surface area (Å²) in [6, 6.07) is 11.6. The molecule has 1 aromatic carbocycles. The zero-order chi connectivity index (χ0) is 28.3. The lowest BCUT2D eigenvalue weighted by Crippen LogP contribution is -2.57. The second-order valence-corrected chi connectivity index (χ2v) is 12.1. The average molecular weight is 536 g/mol. The van der Waals surface area contributed by atoms with Gasteiger partial charge in [0.2, 0.25) is 0 Å². The first-order valence-electron chi connectivity index (χ1n) is 13.8. The SMILES string of the molecule is CC(C)CN1C[C@H](c2ccccc2)N(C(=O)C(=O)Nc2cnc(NC(=O)OC(C)(C)C)c(C3CC3)c2)C[C@H]1C. The number of aromatic nitrogens is 1. The van der Waals surface area contributed by atoms with E-state index in [0.29, 0.717) is 30.5 Å². The van der Waals surface area contributed by atoms with Crippen molar-refractivity contribution in [3.63, 3.8) is 0 Å². The number of carbonyl (C=O) groups is 3. The standard InChI is InChI=1S/C30H41N5O4/c1-19(2)16-34-18-25(22-10-8-7-9-11-22)35(17-20(34)3)28(37)27(36)32-23-14-24(21-12-13-21)26(31-15-23)33-29(38)39-30(4,5)6/h7-11,14-15,19-21,25H,12-13,16-18H2,1-6H3,(H,32,36)(H,31,33,38)/t20-,25-/m1/s1. The molecule has 2 N–H and O–H groups in total. The number of carbonyl (C=O) groups excluding carboxylic acids is 3. The van der Waals surface area contributed by atoms with Crippen molar-refractivity contribution in [2.45, 2.75) is 78.0 Å². The van der Waals surface area contributed by atoms with Gasteiger partial charge in [0.05, 0.1) is 17.9 Å². The Balaban J connectivity index is 1.50. The number of ether oxygens (including phenoxy) is 1. The highest BCUT2D eigenvalue weighted by Gasteiger charge is 2.38. The third kappa shape index (κ3) is 7.56. The van der Waals surface area contributed by atoms with Gasteiger partial charge in [-0.2, -0.15) is 0 Å². The van der Waals surface area contributed by atoms with E-state index in [1.54, 1.807) is 31.7 Å². The van der Waals surface area contributed by atoms with Gasteiger partial charge in [0, 0.05) is 31.2 Å². The minimum Gasteiger partial charge on any atom is -0.444 e. The number of anilines is 2. The van der Waals surface area contributed by atoms with Gasteiger partial charge in [-0.3, -0.25) is 19.8 Å². The largest absolute Gasteiger partial charge is 0.444 e. The van der Waals surface area contributed by atoms with Gasteiger partial charge < -0.3 is 15.0 Å². The van der Waals surface area contributed by atoms with E-state index in [1.807, 2.05) is 30.3 Å². The maximum Gasteiger partial charge on any atom is 0.413 e. The summed E-state index contributed by atoms with van der Waals surface area (Å²) in [5.74, 6) is -0.112. The van der Waals surface area contributed by atoms with E-state index in [1.165, 1.54) is 6.20 Å². The highest BCUT2D eigenvalue weighted by Crippen LogP contribution is 2.43. The quantitative estimate of drug-likeness (QED) is 0.495. The average Bonchev–Trinajstić information content (AvgIpc) is 3.70. The molecule has 3 amide bonds. The minimum atomic E-state index is -0.697. The van der Waals surface area contributed by atoms with Crippen LogP contribution in [0.5, 0.6) is 0 Å². The zero-order valence-corrected chi connectivity index (χ0v) is 23.9. The van der Waals surface area contributed by atoms with E-state index in [0.717, 1.165) is 30.5 Å². The summed E-state index contributed by atoms with van der Waals surface area (Å²) >= 11 is 0. The molecule has 210 valence electrons. The first-order chi connectivity index (χ1) is 18.4. The van der Waals surface area contributed by atoms with Crippen LogP contribution in [-0.4, -0.2) is 64.0 Å². The van der Waals surface area contributed by atoms with Crippen molar-refractivity contribution in [2.24, 2.45) is 5.92 Å². The van der Waals surface area contributed by atoms with Crippen LogP contribution in [0.3, 0.4) is 0 Å². The third-order valence-corrected chi connectivity index (χ3v) is 6.92. The van der Waals surface area contributed by atoms with Crippen molar-refractivity contribution >= 4 is 29.4 Å². The Kier molecular flexibility index (Phi) is 8.59. The number of nitrogens with one attached hydrogen (secondary N) is 2. The summed E-state index contributed by atoms with van der Waals surface area (Å²) in [7, 11) is 0. The van der Waals surface area contributed by atoms with E-state index in [-0.39, 0.29) is 18.0 Å². The Morgan fingerprint density at radius 2 is 1.77 bits per heavy atom. The van der Waals surface area contributed by atoms with Gasteiger partial charge in [-0.25, -0.2) is 9.78 Å². The van der Waals surface area contributed by atoms with Gasteiger partial charge in [0.25, 0.3) is 0 Å². The van der Waals surface area contributed by atoms with Gasteiger partial charge in [-0.05, 0) is 64.0 Å². The fourth-order valence-electron chi connectivity index (χ4n) is 5.01. The van der Waals surface area contributed by atoms with Crippen LogP contribution in [0, 0.1) is 5.92 Å². The molecule has 2 fully saturated rings. The molecule has 0 unspecified atom stereocenters. The predicted molar refractivity (Wildman–Crippen MR) is 151 cm³/mol. The molecule has 1 aromatic heterocycles. The number of nitrogens with zero attached hydrogens (tertiary/aromatic N) is 3. The van der Waals surface area contributed by atoms with Crippen molar-refractivity contribution in [2.75, 3.05) is 30.3 Å². The maximum absolute atomic E-state index is 13.5. The van der Waals surface area contributed by atoms with Crippen LogP contribution in [-0.2, 0) is 14.3 Å². The van der Waals surface area contributed by atoms with Crippen LogP contribution in [0.25, 0.3) is 0 Å². The van der Waals surface area contributed by atoms with Crippen LogP contribution in [0.15, 0.2) is 42.6 Å². The minimum absolute atomic E-state index is 0.130. The Morgan fingerprint density at radius 1 is 1.08 bits per heavy atom. The van der Waals surface area contributed by atoms with Crippen LogP contribution in [0.2, 0.25) is 0 Å². The number of hydrogen-bond acceptors (Lipinski definition) is 6. The maximum atomic E-state index is 13.5. The van der Waals surface area contributed by atoms with Crippen molar-refractivity contribution in [3.8, 4) is 0 Å². The molecule has 39 heavy (non-hydrogen) atoms. The number of rotatable bonds is 6. The molecule has 2 atom stereocenters. The molecule has 9 nitrogen and oxygen atoms in total. The molecule has 0 bridgehead atoms. The van der Waals surface area contributed by atoms with E-state index < -0.39 is 23.5 Å². The Bertz CT molecular complexity index is 1190. The number of amides is 3. The van der Waals surface area contributed by atoms with Crippen molar-refractivity contribution < 1.29 is 19.1 Å². The summed E-state index contributed by atoms with van der Waals surface area (Å²) in [6.45, 7) is 13.9. The lowest BCUT2D eigenvalue weighted by Gasteiger charge is -2.45. The molecule has 1 aliphatic heterocycles. The summed E-state index contributed by atoms with van der Waals surface area (Å²) in [4.78, 5) is 47.6. The van der Waals surface area contributed by atoms with E-state index in [2.05, 4.69) is 41.3 Å². The third-order valence-electron chi connectivity index (χ3n) is 6.92. The van der Waals surface area contributed by atoms with E-state index in [9.17, 15) is 14.4 Å². The molecular weight excluding hydrogens is 494 g/mol. The fourth-order valence-corrected chi connectivity index (χ4v) is 5.01. The molecule has 0 spiro atoms. The summed E-state index contributed by atoms with van der Waals surface area (Å²) in [6.07, 6.45) is 2.82. The van der Waals surface area contributed by atoms with Crippen LogP contribution in [0.1, 0.15) is 77.5 Å². The molecule has 1 saturated heterocycles. The Morgan fingerprint density at radius 3 is 2.38 bits per heavy atom. The lowest BCUT2D eigenvalue weighted by atomic mass is 9.98. The highest BCUT2D eigenvalue weighted by molar-refractivity contribution is 6.39. The molecule has 2 heterocycles. The molecule has 2 aliphatic rings. The second kappa shape index (κ2) is 11.7. The zero-order valence-electron chi connectivity index (χ0n) is 23.9. The number of hydrogen-bond donors (Lipinski definition) is 2. The fraction of sp³-hybridized carbons (Fsp3) is 0.533. The first kappa shape index (κ1) is 28.5. The summed E-state index contributed by atoms with van der Waals surface area (Å²) in [5, 5.41) is 5.49. The second-order valence-electron chi connectivity index (χ2n) is 12.1. The molecule has 1 aliphatic carbocycles. The van der Waals surface area contributed by atoms with Crippen molar-refractivity contribution in [1.82, 2.24) is 14.8 Å². The first-order valence-corrected chi connectivity index (χ1v) is 13.8. The van der Waals surface area contributed by atoms with Gasteiger partial charge in [0.15, 0.2) is 0 Å². The molecule has 4 rings (SSSR count). The molecule has 9 heteroatoms. The molecule has 2 aromatic rings. The number of piperazine rings is 1. The van der Waals surface area contributed by atoms with Crippen LogP contribution >= 0.6 is 0 Å². The number of benzene rings is 1. The van der Waals surface area contributed by atoms with E-state index in [4.69, 9.17) is 4.74 Å². The molecular formula is C30H41N5O4. The van der Waals surface area contributed by atoms with Gasteiger partial charge >= 0.3 is 17.9 Å². The van der Waals surface area contributed by atoms with Crippen LogP contribution in [0.4, 0.5) is 16.3 Å². The monoisotopic (exact) mass is 535 g/mol. The Labute approximate surface area is 231 Å². The van der Waals surface area contributed by atoms with Crippen LogP contribution < -0.4 is 10.6 Å². The van der Waals surface area contributed by atoms with Gasteiger partial charge in [0.1, 0.15) is 11.4 Å². The predicted octanol–water partition coefficient (Wildman–Crippen LogP) is 5.17. The smallest absolute Gasteiger partial charge is 0.413 e. The van der Waals surface area contributed by atoms with Crippen molar-refractivity contribution in [3.05, 3.63) is 53.7 Å². The lowest BCUT2D eigenvalue weighted by molar-refractivity contribution is -0.148. The summed E-state index contributed by atoms with van der Waals surface area (Å²) < 4.78 is 5.36. The normalized spacial score (nSPS) is 20.0. The Hall–Kier alpha value is -3.46. The molecule has 0 radical (unpaired) electrons. The summed E-state index contributed by atoms with van der Waals surface area (Å²) in [5.41, 5.74) is 1.62. The van der Waals surface area contributed by atoms with Crippen molar-refractivity contribution in [1.29, 1.82) is 0 Å². The highest BCUT2D eigenvalue weighted by atomic mass is 16.6. The topological polar surface area (TPSA) is 104 Å².